The summed E-state index contributed by atoms with van der Waals surface area (Å²) in [5, 5.41) is 3.42. The van der Waals surface area contributed by atoms with Crippen molar-refractivity contribution < 1.29 is 9.47 Å². The van der Waals surface area contributed by atoms with Crippen LogP contribution < -0.4 is 15.1 Å². The van der Waals surface area contributed by atoms with Crippen LogP contribution in [0.1, 0.15) is 5.82 Å². The largest absolute Gasteiger partial charge is 0.378 e. The van der Waals surface area contributed by atoms with Crippen LogP contribution in [0.15, 0.2) is 46.8 Å². The number of nitrogens with zero attached hydrogens (tertiary/aromatic N) is 7. The zero-order valence-corrected chi connectivity index (χ0v) is 22.8. The number of anilines is 4. The van der Waals surface area contributed by atoms with E-state index in [0.29, 0.717) is 44.3 Å². The Morgan fingerprint density at radius 3 is 2.26 bits per heavy atom. The molecule has 2 aliphatic rings. The van der Waals surface area contributed by atoms with Crippen molar-refractivity contribution in [1.82, 2.24) is 29.9 Å². The Morgan fingerprint density at radius 1 is 0.821 bits per heavy atom. The van der Waals surface area contributed by atoms with E-state index >= 15 is 0 Å². The summed E-state index contributed by atoms with van der Waals surface area (Å²) < 4.78 is 13.2. The van der Waals surface area contributed by atoms with Crippen LogP contribution in [0.5, 0.6) is 0 Å². The van der Waals surface area contributed by atoms with Crippen LogP contribution >= 0.6 is 23.1 Å². The maximum Gasteiger partial charge on any atom is 0.233 e. The number of nitrogens with one attached hydrogen (secondary N) is 2. The number of imidazole rings is 1. The smallest absolute Gasteiger partial charge is 0.233 e. The molecule has 2 saturated heterocycles. The highest BCUT2D eigenvalue weighted by atomic mass is 32.2. The van der Waals surface area contributed by atoms with E-state index in [1.807, 2.05) is 36.4 Å². The lowest BCUT2D eigenvalue weighted by Crippen LogP contribution is -2.40. The molecule has 0 aliphatic carbocycles. The second-order valence-corrected chi connectivity index (χ2v) is 11.5. The molecule has 2 aliphatic heterocycles. The fourth-order valence-corrected chi connectivity index (χ4v) is 6.57. The highest BCUT2D eigenvalue weighted by molar-refractivity contribution is 8.00. The molecule has 3 aromatic heterocycles. The molecule has 5 heterocycles. The van der Waals surface area contributed by atoms with E-state index < -0.39 is 0 Å². The average molecular weight is 562 g/mol. The summed E-state index contributed by atoms with van der Waals surface area (Å²) in [5.74, 6) is 3.54. The van der Waals surface area contributed by atoms with Gasteiger partial charge < -0.3 is 29.6 Å². The number of thioether (sulfide) groups is 1. The Hall–Kier alpha value is -3.52. The molecule has 2 fully saturated rings. The molecule has 0 atom stereocenters. The van der Waals surface area contributed by atoms with E-state index in [2.05, 4.69) is 31.2 Å². The minimum atomic E-state index is 0.524. The van der Waals surface area contributed by atoms with Crippen LogP contribution in [-0.4, -0.2) is 82.5 Å². The molecule has 11 nitrogen and oxygen atoms in total. The van der Waals surface area contributed by atoms with Gasteiger partial charge in [-0.1, -0.05) is 23.9 Å². The minimum Gasteiger partial charge on any atom is -0.378 e. The van der Waals surface area contributed by atoms with Crippen molar-refractivity contribution in [2.24, 2.45) is 0 Å². The zero-order chi connectivity index (χ0) is 26.0. The van der Waals surface area contributed by atoms with E-state index in [4.69, 9.17) is 29.4 Å². The van der Waals surface area contributed by atoms with Gasteiger partial charge in [0.1, 0.15) is 5.82 Å². The van der Waals surface area contributed by atoms with Crippen molar-refractivity contribution in [1.29, 1.82) is 0 Å². The predicted molar refractivity (Wildman–Crippen MR) is 154 cm³/mol. The number of ether oxygens (including phenoxy) is 2. The van der Waals surface area contributed by atoms with Crippen LogP contribution in [0.3, 0.4) is 0 Å². The van der Waals surface area contributed by atoms with Crippen molar-refractivity contribution in [3.63, 3.8) is 0 Å². The van der Waals surface area contributed by atoms with Crippen LogP contribution in [-0.2, 0) is 15.2 Å². The quantitative estimate of drug-likeness (QED) is 0.280. The maximum absolute atomic E-state index is 5.53. The third-order valence-electron chi connectivity index (χ3n) is 6.60. The number of benzene rings is 2. The lowest BCUT2D eigenvalue weighted by molar-refractivity contribution is 0.121. The Kier molecular flexibility index (Phi) is 6.87. The SMILES string of the molecule is c1ccc2[nH]c(CSc3nc4ccc(Nc5nc(N6CCOCC6)nc(N6CCOCC6)n5)cc4s3)nc2c1. The maximum atomic E-state index is 5.53. The van der Waals surface area contributed by atoms with Gasteiger partial charge in [-0.25, -0.2) is 9.97 Å². The molecule has 0 spiro atoms. The first-order valence-electron chi connectivity index (χ1n) is 12.9. The molecule has 0 radical (unpaired) electrons. The molecule has 13 heteroatoms. The molecule has 200 valence electrons. The van der Waals surface area contributed by atoms with E-state index in [0.717, 1.165) is 69.0 Å². The summed E-state index contributed by atoms with van der Waals surface area (Å²) in [6.45, 7) is 5.70. The summed E-state index contributed by atoms with van der Waals surface area (Å²) in [6, 6.07) is 14.2. The number of fused-ring (bicyclic) bond motifs is 2. The van der Waals surface area contributed by atoms with Gasteiger partial charge in [0.15, 0.2) is 4.34 Å². The molecule has 0 amide bonds. The minimum absolute atomic E-state index is 0.524. The molecular formula is C26H27N9O2S2. The number of aromatic nitrogens is 6. The van der Waals surface area contributed by atoms with Crippen LogP contribution in [0.2, 0.25) is 0 Å². The van der Waals surface area contributed by atoms with Crippen molar-refractivity contribution >= 4 is 67.9 Å². The lowest BCUT2D eigenvalue weighted by Gasteiger charge is -2.30. The van der Waals surface area contributed by atoms with Gasteiger partial charge in [0.25, 0.3) is 0 Å². The summed E-state index contributed by atoms with van der Waals surface area (Å²) in [4.78, 5) is 31.5. The van der Waals surface area contributed by atoms with Crippen molar-refractivity contribution in [3.05, 3.63) is 48.3 Å². The summed E-state index contributed by atoms with van der Waals surface area (Å²) in [6.07, 6.45) is 0. The van der Waals surface area contributed by atoms with Gasteiger partial charge in [-0.3, -0.25) is 0 Å². The van der Waals surface area contributed by atoms with Gasteiger partial charge in [0.2, 0.25) is 17.8 Å². The van der Waals surface area contributed by atoms with E-state index in [-0.39, 0.29) is 0 Å². The summed E-state index contributed by atoms with van der Waals surface area (Å²) in [5.41, 5.74) is 3.92. The van der Waals surface area contributed by atoms with Gasteiger partial charge in [-0.15, -0.1) is 11.3 Å². The fraction of sp³-hybridized carbons (Fsp3) is 0.346. The van der Waals surface area contributed by atoms with Crippen LogP contribution in [0, 0.1) is 0 Å². The first kappa shape index (κ1) is 24.5. The first-order valence-corrected chi connectivity index (χ1v) is 14.7. The molecule has 5 aromatic rings. The summed E-state index contributed by atoms with van der Waals surface area (Å²) in [7, 11) is 0. The standard InChI is InChI=1S/C26H27N9O2S2/c1-2-4-19-18(3-1)28-22(29-19)16-38-26-30-20-6-5-17(15-21(20)39-26)27-23-31-24(34-7-11-36-12-8-34)33-25(32-23)35-9-13-37-14-10-35/h1-6,15H,7-14,16H2,(H,28,29)(H,27,31,32,33). The van der Waals surface area contributed by atoms with Crippen LogP contribution in [0.4, 0.5) is 23.5 Å². The zero-order valence-electron chi connectivity index (χ0n) is 21.2. The number of morpholine rings is 2. The van der Waals surface area contributed by atoms with E-state index in [1.54, 1.807) is 23.1 Å². The van der Waals surface area contributed by atoms with Gasteiger partial charge in [-0.2, -0.15) is 15.0 Å². The third-order valence-corrected chi connectivity index (χ3v) is 8.77. The van der Waals surface area contributed by atoms with Gasteiger partial charge >= 0.3 is 0 Å². The topological polar surface area (TPSA) is 117 Å². The molecule has 2 aromatic carbocycles. The Morgan fingerprint density at radius 2 is 1.54 bits per heavy atom. The summed E-state index contributed by atoms with van der Waals surface area (Å²) >= 11 is 3.36. The number of hydrogen-bond acceptors (Lipinski definition) is 12. The van der Waals surface area contributed by atoms with Gasteiger partial charge in [0.05, 0.1) is 53.4 Å². The number of rotatable bonds is 7. The average Bonchev–Trinajstić information content (AvgIpc) is 3.60. The second kappa shape index (κ2) is 10.9. The number of aromatic amines is 1. The molecule has 0 saturated carbocycles. The highest BCUT2D eigenvalue weighted by Crippen LogP contribution is 2.33. The molecule has 0 unspecified atom stereocenters. The predicted octanol–water partition coefficient (Wildman–Crippen LogP) is 4.07. The number of hydrogen-bond donors (Lipinski definition) is 2. The fourth-order valence-electron chi connectivity index (χ4n) is 4.60. The second-order valence-electron chi connectivity index (χ2n) is 9.23. The Labute approximate surface area is 233 Å². The number of thiazole rings is 1. The molecule has 39 heavy (non-hydrogen) atoms. The monoisotopic (exact) mass is 561 g/mol. The van der Waals surface area contributed by atoms with E-state index in [1.165, 1.54) is 0 Å². The lowest BCUT2D eigenvalue weighted by atomic mass is 10.3. The van der Waals surface area contributed by atoms with Gasteiger partial charge in [0, 0.05) is 31.9 Å². The molecule has 0 bridgehead atoms. The number of para-hydroxylation sites is 2. The first-order chi connectivity index (χ1) is 19.3. The molecular weight excluding hydrogens is 534 g/mol. The highest BCUT2D eigenvalue weighted by Gasteiger charge is 2.21. The van der Waals surface area contributed by atoms with E-state index in [9.17, 15) is 0 Å². The Bertz CT molecular complexity index is 1530. The van der Waals surface area contributed by atoms with Crippen LogP contribution in [0.25, 0.3) is 21.3 Å². The molecule has 7 rings (SSSR count). The number of H-pyrrole nitrogens is 1. The normalized spacial score (nSPS) is 16.3. The Balaban J connectivity index is 1.10. The van der Waals surface area contributed by atoms with Crippen molar-refractivity contribution in [2.45, 2.75) is 10.1 Å². The third kappa shape index (κ3) is 5.48. The van der Waals surface area contributed by atoms with Gasteiger partial charge in [-0.05, 0) is 30.3 Å². The van der Waals surface area contributed by atoms with Crippen molar-refractivity contribution in [3.8, 4) is 0 Å². The van der Waals surface area contributed by atoms with Crippen molar-refractivity contribution in [2.75, 3.05) is 67.7 Å². The molecule has 2 N–H and O–H groups in total.